The van der Waals surface area contributed by atoms with Gasteiger partial charge in [-0.15, -0.1) is 0 Å². The van der Waals surface area contributed by atoms with Crippen molar-refractivity contribution in [2.45, 2.75) is 6.04 Å². The third-order valence-electron chi connectivity index (χ3n) is 3.66. The zero-order valence-electron chi connectivity index (χ0n) is 13.2. The minimum atomic E-state index is -1.05. The Hall–Kier alpha value is -3.06. The molecule has 0 saturated heterocycles. The van der Waals surface area contributed by atoms with Crippen LogP contribution in [-0.4, -0.2) is 15.9 Å². The summed E-state index contributed by atoms with van der Waals surface area (Å²) in [6.45, 7) is 0. The first-order valence-electron chi connectivity index (χ1n) is 7.50. The molecule has 0 radical (unpaired) electrons. The van der Waals surface area contributed by atoms with Gasteiger partial charge in [0.2, 0.25) is 5.56 Å². The van der Waals surface area contributed by atoms with Crippen LogP contribution in [0.4, 0.5) is 8.78 Å². The van der Waals surface area contributed by atoms with Gasteiger partial charge in [0.25, 0.3) is 5.91 Å². The Balaban J connectivity index is 2.01. The number of pyridine rings is 2. The molecule has 0 aliphatic heterocycles. The van der Waals surface area contributed by atoms with E-state index in [9.17, 15) is 18.4 Å². The minimum absolute atomic E-state index is 0.0769. The molecular formula is C18H12ClF2N3O2. The summed E-state index contributed by atoms with van der Waals surface area (Å²) in [5, 5.41) is 2.50. The maximum atomic E-state index is 14.2. The summed E-state index contributed by atoms with van der Waals surface area (Å²) < 4.78 is 28.1. The highest BCUT2D eigenvalue weighted by molar-refractivity contribution is 6.30. The van der Waals surface area contributed by atoms with Crippen LogP contribution in [0.2, 0.25) is 5.02 Å². The Labute approximate surface area is 151 Å². The number of H-pyrrole nitrogens is 1. The van der Waals surface area contributed by atoms with Crippen LogP contribution in [0.5, 0.6) is 0 Å². The Bertz CT molecular complexity index is 1000. The molecule has 3 rings (SSSR count). The van der Waals surface area contributed by atoms with Crippen molar-refractivity contribution >= 4 is 17.5 Å². The lowest BCUT2D eigenvalue weighted by Gasteiger charge is -2.19. The van der Waals surface area contributed by atoms with Crippen LogP contribution < -0.4 is 10.9 Å². The third-order valence-corrected chi connectivity index (χ3v) is 3.97. The monoisotopic (exact) mass is 375 g/mol. The van der Waals surface area contributed by atoms with Crippen molar-refractivity contribution in [2.24, 2.45) is 0 Å². The van der Waals surface area contributed by atoms with Crippen LogP contribution in [-0.2, 0) is 0 Å². The van der Waals surface area contributed by atoms with Gasteiger partial charge < -0.3 is 10.3 Å². The van der Waals surface area contributed by atoms with Crippen molar-refractivity contribution in [3.05, 3.63) is 98.7 Å². The lowest BCUT2D eigenvalue weighted by Crippen LogP contribution is -2.31. The molecule has 26 heavy (non-hydrogen) atoms. The van der Waals surface area contributed by atoms with Gasteiger partial charge in [0.15, 0.2) is 0 Å². The maximum Gasteiger partial charge on any atom is 0.253 e. The number of amides is 1. The summed E-state index contributed by atoms with van der Waals surface area (Å²) in [5.74, 6) is -1.95. The van der Waals surface area contributed by atoms with E-state index in [1.165, 1.54) is 48.8 Å². The van der Waals surface area contributed by atoms with Gasteiger partial charge in [-0.05, 0) is 35.9 Å². The zero-order chi connectivity index (χ0) is 18.7. The molecule has 0 saturated carbocycles. The molecule has 1 atom stereocenters. The van der Waals surface area contributed by atoms with E-state index in [1.807, 2.05) is 0 Å². The fraction of sp³-hybridized carbons (Fsp3) is 0.0556. The molecule has 0 aliphatic carbocycles. The molecular weight excluding hydrogens is 364 g/mol. The smallest absolute Gasteiger partial charge is 0.253 e. The molecule has 3 aromatic rings. The summed E-state index contributed by atoms with van der Waals surface area (Å²) in [6, 6.07) is 7.94. The second kappa shape index (κ2) is 7.45. The van der Waals surface area contributed by atoms with E-state index in [0.717, 1.165) is 6.07 Å². The van der Waals surface area contributed by atoms with E-state index >= 15 is 0 Å². The number of benzene rings is 1. The predicted octanol–water partition coefficient (Wildman–Crippen LogP) is 3.22. The van der Waals surface area contributed by atoms with Gasteiger partial charge in [-0.25, -0.2) is 8.78 Å². The number of hydrogen-bond donors (Lipinski definition) is 2. The van der Waals surface area contributed by atoms with E-state index < -0.39 is 23.6 Å². The topological polar surface area (TPSA) is 74.8 Å². The molecule has 1 aromatic carbocycles. The van der Waals surface area contributed by atoms with E-state index in [0.29, 0.717) is 0 Å². The van der Waals surface area contributed by atoms with Crippen LogP contribution in [0.1, 0.15) is 27.7 Å². The molecule has 2 heterocycles. The molecule has 2 aromatic heterocycles. The van der Waals surface area contributed by atoms with E-state index in [1.54, 1.807) is 0 Å². The Morgan fingerprint density at radius 1 is 1.15 bits per heavy atom. The van der Waals surface area contributed by atoms with E-state index in [4.69, 9.17) is 11.6 Å². The molecule has 0 fully saturated rings. The number of nitrogens with zero attached hydrogens (tertiary/aromatic N) is 1. The number of carbonyl (C=O) groups excluding carboxylic acids is 1. The first kappa shape index (κ1) is 17.8. The number of aromatic nitrogens is 2. The summed E-state index contributed by atoms with van der Waals surface area (Å²) >= 11 is 5.69. The second-order valence-corrected chi connectivity index (χ2v) is 5.80. The molecule has 0 aliphatic rings. The lowest BCUT2D eigenvalue weighted by molar-refractivity contribution is 0.0941. The summed E-state index contributed by atoms with van der Waals surface area (Å²) in [7, 11) is 0. The molecule has 8 heteroatoms. The van der Waals surface area contributed by atoms with Crippen LogP contribution >= 0.6 is 11.6 Å². The van der Waals surface area contributed by atoms with Crippen LogP contribution in [0.3, 0.4) is 0 Å². The van der Waals surface area contributed by atoms with Gasteiger partial charge >= 0.3 is 0 Å². The average molecular weight is 376 g/mol. The van der Waals surface area contributed by atoms with Crippen molar-refractivity contribution < 1.29 is 13.6 Å². The molecule has 1 amide bonds. The van der Waals surface area contributed by atoms with Gasteiger partial charge in [0.05, 0.1) is 16.6 Å². The number of halogens is 3. The molecule has 132 valence electrons. The summed E-state index contributed by atoms with van der Waals surface area (Å²) in [6.07, 6.45) is 2.59. The van der Waals surface area contributed by atoms with Gasteiger partial charge in [-0.2, -0.15) is 0 Å². The molecule has 0 spiro atoms. The van der Waals surface area contributed by atoms with Gasteiger partial charge in [0, 0.05) is 18.5 Å². The number of aromatic amines is 1. The summed E-state index contributed by atoms with van der Waals surface area (Å²) in [4.78, 5) is 29.9. The summed E-state index contributed by atoms with van der Waals surface area (Å²) in [5.41, 5.74) is -0.0247. The van der Waals surface area contributed by atoms with E-state index in [-0.39, 0.29) is 27.4 Å². The lowest BCUT2D eigenvalue weighted by atomic mass is 10.0. The SMILES string of the molecule is O=C(NC(c1ccc(Cl)c(F)c1)c1ncccc1F)c1ccc(=O)[nH]c1. The first-order valence-corrected chi connectivity index (χ1v) is 7.88. The number of nitrogens with one attached hydrogen (secondary N) is 2. The van der Waals surface area contributed by atoms with Gasteiger partial charge in [-0.1, -0.05) is 17.7 Å². The molecule has 2 N–H and O–H groups in total. The normalized spacial score (nSPS) is 11.8. The van der Waals surface area contributed by atoms with Crippen molar-refractivity contribution in [2.75, 3.05) is 0 Å². The zero-order valence-corrected chi connectivity index (χ0v) is 13.9. The van der Waals surface area contributed by atoms with Gasteiger partial charge in [0.1, 0.15) is 17.3 Å². The van der Waals surface area contributed by atoms with Crippen molar-refractivity contribution in [3.8, 4) is 0 Å². The quantitative estimate of drug-likeness (QED) is 0.735. The maximum absolute atomic E-state index is 14.2. The molecule has 0 bridgehead atoms. The number of carbonyl (C=O) groups is 1. The Kier molecular flexibility index (Phi) is 5.09. The highest BCUT2D eigenvalue weighted by Gasteiger charge is 2.23. The standard InChI is InChI=1S/C18H12ClF2N3O2/c19-12-5-3-10(8-14(12)21)16(17-13(20)2-1-7-22-17)24-18(26)11-4-6-15(25)23-9-11/h1-9,16H,(H,23,25)(H,24,26). The number of rotatable bonds is 4. The highest BCUT2D eigenvalue weighted by Crippen LogP contribution is 2.26. The fourth-order valence-corrected chi connectivity index (χ4v) is 2.50. The van der Waals surface area contributed by atoms with Crippen molar-refractivity contribution in [1.82, 2.24) is 15.3 Å². The van der Waals surface area contributed by atoms with Crippen LogP contribution in [0.15, 0.2) is 59.7 Å². The first-order chi connectivity index (χ1) is 12.5. The highest BCUT2D eigenvalue weighted by atomic mass is 35.5. The predicted molar refractivity (Wildman–Crippen MR) is 92.0 cm³/mol. The van der Waals surface area contributed by atoms with Crippen molar-refractivity contribution in [3.63, 3.8) is 0 Å². The third kappa shape index (κ3) is 3.78. The van der Waals surface area contributed by atoms with Crippen molar-refractivity contribution in [1.29, 1.82) is 0 Å². The number of hydrogen-bond acceptors (Lipinski definition) is 3. The van der Waals surface area contributed by atoms with E-state index in [2.05, 4.69) is 15.3 Å². The fourth-order valence-electron chi connectivity index (χ4n) is 2.38. The molecule has 5 nitrogen and oxygen atoms in total. The van der Waals surface area contributed by atoms with Crippen LogP contribution in [0.25, 0.3) is 0 Å². The van der Waals surface area contributed by atoms with Gasteiger partial charge in [-0.3, -0.25) is 14.6 Å². The largest absolute Gasteiger partial charge is 0.339 e. The van der Waals surface area contributed by atoms with Crippen LogP contribution in [0, 0.1) is 11.6 Å². The Morgan fingerprint density at radius 2 is 1.96 bits per heavy atom. The average Bonchev–Trinajstić information content (AvgIpc) is 2.63. The minimum Gasteiger partial charge on any atom is -0.339 e. The molecule has 1 unspecified atom stereocenters. The Morgan fingerprint density at radius 3 is 2.62 bits per heavy atom. The second-order valence-electron chi connectivity index (χ2n) is 5.39.